The van der Waals surface area contributed by atoms with E-state index >= 15 is 0 Å². The minimum atomic E-state index is -1.32. The van der Waals surface area contributed by atoms with E-state index in [1.807, 2.05) is 26.8 Å². The Bertz CT molecular complexity index is 456. The van der Waals surface area contributed by atoms with Crippen molar-refractivity contribution in [2.75, 3.05) is 6.61 Å². The molecule has 3 nitrogen and oxygen atoms in total. The van der Waals surface area contributed by atoms with E-state index in [1.165, 1.54) is 0 Å². The molecule has 0 aliphatic carbocycles. The van der Waals surface area contributed by atoms with Crippen LogP contribution >= 0.6 is 15.9 Å². The molecule has 1 aromatic rings. The number of unbranched alkanes of at least 4 members (excludes halogenated alkanes) is 1. The molecule has 0 heterocycles. The van der Waals surface area contributed by atoms with Gasteiger partial charge in [-0.15, -0.1) is 0 Å². The third kappa shape index (κ3) is 3.69. The minimum absolute atomic E-state index is 0.204. The predicted molar refractivity (Wildman–Crippen MR) is 83.1 cm³/mol. The number of hydrogen-bond donors (Lipinski definition) is 0. The summed E-state index contributed by atoms with van der Waals surface area (Å²) < 4.78 is 3.93. The predicted octanol–water partition coefficient (Wildman–Crippen LogP) is 4.00. The first-order chi connectivity index (χ1) is 9.44. The summed E-state index contributed by atoms with van der Waals surface area (Å²) in [5.41, 5.74) is 0.505. The number of hydrogen-bond acceptors (Lipinski definition) is 3. The maximum atomic E-state index is 12.6. The van der Waals surface area contributed by atoms with Gasteiger partial charge in [-0.2, -0.15) is 0 Å². The Balaban J connectivity index is 2.97. The standard InChI is InChI=1S/C16H21BrO3/c1-4-5-11-20-15(19)16(17,12(2)3)14(18)13-9-7-6-8-10-13/h6-10,12H,4-5,11H2,1-3H3. The summed E-state index contributed by atoms with van der Waals surface area (Å²) in [7, 11) is 0. The zero-order chi connectivity index (χ0) is 15.2. The first-order valence-electron chi connectivity index (χ1n) is 6.90. The highest BCUT2D eigenvalue weighted by Gasteiger charge is 2.48. The summed E-state index contributed by atoms with van der Waals surface area (Å²) in [6.45, 7) is 6.03. The first-order valence-corrected chi connectivity index (χ1v) is 7.69. The van der Waals surface area contributed by atoms with E-state index in [0.717, 1.165) is 12.8 Å². The molecule has 1 aromatic carbocycles. The molecule has 0 saturated carbocycles. The number of esters is 1. The topological polar surface area (TPSA) is 43.4 Å². The lowest BCUT2D eigenvalue weighted by Gasteiger charge is -2.27. The van der Waals surface area contributed by atoms with E-state index in [4.69, 9.17) is 4.74 Å². The Kier molecular flexibility index (Phi) is 6.40. The summed E-state index contributed by atoms with van der Waals surface area (Å²) in [6.07, 6.45) is 1.74. The van der Waals surface area contributed by atoms with Gasteiger partial charge in [0.2, 0.25) is 0 Å². The Hall–Kier alpha value is -1.16. The second kappa shape index (κ2) is 7.58. The lowest BCUT2D eigenvalue weighted by atomic mass is 9.87. The highest BCUT2D eigenvalue weighted by molar-refractivity contribution is 9.10. The van der Waals surface area contributed by atoms with Gasteiger partial charge >= 0.3 is 5.97 Å². The molecule has 110 valence electrons. The van der Waals surface area contributed by atoms with Crippen molar-refractivity contribution in [3.05, 3.63) is 35.9 Å². The average Bonchev–Trinajstić information content (AvgIpc) is 2.46. The Morgan fingerprint density at radius 1 is 1.25 bits per heavy atom. The van der Waals surface area contributed by atoms with Crippen molar-refractivity contribution in [3.63, 3.8) is 0 Å². The summed E-state index contributed by atoms with van der Waals surface area (Å²) in [5, 5.41) is 0. The normalized spacial score (nSPS) is 13.8. The van der Waals surface area contributed by atoms with Gasteiger partial charge in [0.25, 0.3) is 0 Å². The molecular weight excluding hydrogens is 320 g/mol. The monoisotopic (exact) mass is 340 g/mol. The van der Waals surface area contributed by atoms with Gasteiger partial charge in [0.15, 0.2) is 10.1 Å². The van der Waals surface area contributed by atoms with Crippen LogP contribution in [0.4, 0.5) is 0 Å². The van der Waals surface area contributed by atoms with Crippen LogP contribution in [0, 0.1) is 5.92 Å². The van der Waals surface area contributed by atoms with E-state index in [9.17, 15) is 9.59 Å². The first kappa shape index (κ1) is 16.9. The molecule has 0 spiro atoms. The zero-order valence-electron chi connectivity index (χ0n) is 12.2. The Morgan fingerprint density at radius 2 is 1.85 bits per heavy atom. The van der Waals surface area contributed by atoms with Crippen LogP contribution in [0.15, 0.2) is 30.3 Å². The molecule has 4 heteroatoms. The average molecular weight is 341 g/mol. The number of rotatable bonds is 7. The second-order valence-electron chi connectivity index (χ2n) is 5.05. The number of alkyl halides is 1. The van der Waals surface area contributed by atoms with Crippen LogP contribution in [0.5, 0.6) is 0 Å². The fourth-order valence-electron chi connectivity index (χ4n) is 1.80. The zero-order valence-corrected chi connectivity index (χ0v) is 13.8. The lowest BCUT2D eigenvalue weighted by molar-refractivity contribution is -0.146. The molecule has 0 bridgehead atoms. The molecule has 0 aliphatic rings. The number of carbonyl (C=O) groups excluding carboxylic acids is 2. The lowest BCUT2D eigenvalue weighted by Crippen LogP contribution is -2.46. The molecular formula is C16H21BrO3. The third-order valence-electron chi connectivity index (χ3n) is 3.19. The van der Waals surface area contributed by atoms with Gasteiger partial charge < -0.3 is 4.74 Å². The minimum Gasteiger partial charge on any atom is -0.464 e. The van der Waals surface area contributed by atoms with Crippen molar-refractivity contribution >= 4 is 27.7 Å². The van der Waals surface area contributed by atoms with Crippen molar-refractivity contribution in [2.45, 2.75) is 37.9 Å². The maximum Gasteiger partial charge on any atom is 0.331 e. The van der Waals surface area contributed by atoms with Crippen molar-refractivity contribution < 1.29 is 14.3 Å². The molecule has 0 aliphatic heterocycles. The fourth-order valence-corrected chi connectivity index (χ4v) is 2.15. The number of Topliss-reactive ketones (excluding diaryl/α,β-unsaturated/α-hetero) is 1. The molecule has 0 aromatic heterocycles. The molecule has 1 unspecified atom stereocenters. The van der Waals surface area contributed by atoms with E-state index in [0.29, 0.717) is 12.2 Å². The maximum absolute atomic E-state index is 12.6. The molecule has 1 atom stereocenters. The van der Waals surface area contributed by atoms with Gasteiger partial charge in [0.05, 0.1) is 6.61 Å². The van der Waals surface area contributed by atoms with Crippen LogP contribution in [0.3, 0.4) is 0 Å². The van der Waals surface area contributed by atoms with E-state index in [2.05, 4.69) is 15.9 Å². The number of benzene rings is 1. The van der Waals surface area contributed by atoms with Crippen LogP contribution in [0.25, 0.3) is 0 Å². The van der Waals surface area contributed by atoms with Gasteiger partial charge in [-0.3, -0.25) is 9.59 Å². The molecule has 0 radical (unpaired) electrons. The Morgan fingerprint density at radius 3 is 2.35 bits per heavy atom. The van der Waals surface area contributed by atoms with Crippen molar-refractivity contribution in [3.8, 4) is 0 Å². The van der Waals surface area contributed by atoms with Crippen LogP contribution in [-0.4, -0.2) is 22.7 Å². The highest BCUT2D eigenvalue weighted by Crippen LogP contribution is 2.33. The molecule has 0 fully saturated rings. The van der Waals surface area contributed by atoms with Crippen molar-refractivity contribution in [1.82, 2.24) is 0 Å². The summed E-state index contributed by atoms with van der Waals surface area (Å²) in [5.74, 6) is -0.964. The number of ether oxygens (including phenoxy) is 1. The number of carbonyl (C=O) groups is 2. The fraction of sp³-hybridized carbons (Fsp3) is 0.500. The molecule has 1 rings (SSSR count). The smallest absolute Gasteiger partial charge is 0.331 e. The summed E-state index contributed by atoms with van der Waals surface area (Å²) in [6, 6.07) is 8.81. The van der Waals surface area contributed by atoms with Gasteiger partial charge in [-0.1, -0.05) is 73.5 Å². The molecule has 0 amide bonds. The quantitative estimate of drug-likeness (QED) is 0.247. The van der Waals surface area contributed by atoms with Crippen LogP contribution < -0.4 is 0 Å². The highest BCUT2D eigenvalue weighted by atomic mass is 79.9. The van der Waals surface area contributed by atoms with Crippen molar-refractivity contribution in [2.24, 2.45) is 5.92 Å². The van der Waals surface area contributed by atoms with E-state index < -0.39 is 10.3 Å². The van der Waals surface area contributed by atoms with Crippen LogP contribution in [0.2, 0.25) is 0 Å². The van der Waals surface area contributed by atoms with Crippen LogP contribution in [0.1, 0.15) is 44.0 Å². The van der Waals surface area contributed by atoms with Gasteiger partial charge in [-0.05, 0) is 12.3 Å². The van der Waals surface area contributed by atoms with E-state index in [-0.39, 0.29) is 11.7 Å². The third-order valence-corrected chi connectivity index (χ3v) is 4.79. The SMILES string of the molecule is CCCCOC(=O)C(Br)(C(=O)c1ccccc1)C(C)C. The molecule has 0 saturated heterocycles. The van der Waals surface area contributed by atoms with Gasteiger partial charge in [-0.25, -0.2) is 0 Å². The molecule has 20 heavy (non-hydrogen) atoms. The summed E-state index contributed by atoms with van der Waals surface area (Å²) in [4.78, 5) is 24.9. The van der Waals surface area contributed by atoms with Gasteiger partial charge in [0, 0.05) is 5.56 Å². The van der Waals surface area contributed by atoms with E-state index in [1.54, 1.807) is 24.3 Å². The number of halogens is 1. The second-order valence-corrected chi connectivity index (χ2v) is 6.30. The number of ketones is 1. The Labute approximate surface area is 128 Å². The molecule has 0 N–H and O–H groups in total. The van der Waals surface area contributed by atoms with Gasteiger partial charge in [0.1, 0.15) is 0 Å². The van der Waals surface area contributed by atoms with Crippen LogP contribution in [-0.2, 0) is 9.53 Å². The largest absolute Gasteiger partial charge is 0.464 e. The summed E-state index contributed by atoms with van der Waals surface area (Å²) >= 11 is 3.35. The van der Waals surface area contributed by atoms with Crippen molar-refractivity contribution in [1.29, 1.82) is 0 Å².